The first-order valence-corrected chi connectivity index (χ1v) is 21.9. The zero-order valence-electron chi connectivity index (χ0n) is 31.5. The Morgan fingerprint density at radius 3 is 2.02 bits per heavy atom. The Bertz CT molecular complexity index is 1640. The van der Waals surface area contributed by atoms with Gasteiger partial charge in [-0.2, -0.15) is 4.98 Å². The molecule has 0 bridgehead atoms. The second-order valence-electron chi connectivity index (χ2n) is 14.7. The minimum Gasteiger partial charge on any atom is -0.471 e. The number of hydrogen-bond donors (Lipinski definition) is 1. The van der Waals surface area contributed by atoms with Gasteiger partial charge >= 0.3 is 23.1 Å². The SMILES string of the molecule is CC(=O)Nc1nc(OCc2ccccc2)c(C)nc1[C@@H]1O[C@@H]2CO[Si](C(C)C)(C(C)C)O[Si](C(C)C)(C(C)C)O[C@H]2[C@H]1OC(=O)c1ccccc1. The molecule has 1 aromatic heterocycles. The molecule has 0 aliphatic carbocycles. The van der Waals surface area contributed by atoms with Crippen LogP contribution in [0.15, 0.2) is 60.7 Å². The van der Waals surface area contributed by atoms with E-state index in [1.807, 2.05) is 36.4 Å². The molecule has 2 aliphatic rings. The Balaban J connectivity index is 1.63. The highest BCUT2D eigenvalue weighted by Crippen LogP contribution is 2.50. The van der Waals surface area contributed by atoms with E-state index in [2.05, 4.69) is 60.7 Å². The highest BCUT2D eigenvalue weighted by Gasteiger charge is 2.63. The molecule has 2 aliphatic heterocycles. The van der Waals surface area contributed by atoms with Crippen molar-refractivity contribution in [3.63, 3.8) is 0 Å². The molecule has 5 rings (SSSR count). The summed E-state index contributed by atoms with van der Waals surface area (Å²) >= 11 is 0. The molecule has 3 aromatic rings. The van der Waals surface area contributed by atoms with Crippen molar-refractivity contribution in [2.24, 2.45) is 0 Å². The van der Waals surface area contributed by atoms with Crippen molar-refractivity contribution >= 4 is 34.8 Å². The number of nitrogens with zero attached hydrogens (tertiary/aromatic N) is 2. The van der Waals surface area contributed by atoms with Crippen LogP contribution in [0, 0.1) is 6.92 Å². The number of esters is 1. The van der Waals surface area contributed by atoms with Crippen molar-refractivity contribution in [3.8, 4) is 5.88 Å². The lowest BCUT2D eigenvalue weighted by Gasteiger charge is -2.51. The van der Waals surface area contributed by atoms with Crippen molar-refractivity contribution in [2.45, 2.75) is 122 Å². The van der Waals surface area contributed by atoms with Gasteiger partial charge in [-0.05, 0) is 46.8 Å². The molecule has 13 heteroatoms. The van der Waals surface area contributed by atoms with Gasteiger partial charge in [-0.15, -0.1) is 0 Å². The summed E-state index contributed by atoms with van der Waals surface area (Å²) < 4.78 is 41.1. The number of benzene rings is 2. The van der Waals surface area contributed by atoms with Gasteiger partial charge in [0.1, 0.15) is 30.6 Å². The predicted octanol–water partition coefficient (Wildman–Crippen LogP) is 7.94. The predicted molar refractivity (Wildman–Crippen MR) is 199 cm³/mol. The molecule has 1 N–H and O–H groups in total. The van der Waals surface area contributed by atoms with Gasteiger partial charge in [0, 0.05) is 6.92 Å². The van der Waals surface area contributed by atoms with Gasteiger partial charge in [0.25, 0.3) is 0 Å². The van der Waals surface area contributed by atoms with E-state index in [9.17, 15) is 9.59 Å². The Morgan fingerprint density at radius 2 is 1.45 bits per heavy atom. The molecule has 0 radical (unpaired) electrons. The fourth-order valence-electron chi connectivity index (χ4n) is 7.10. The summed E-state index contributed by atoms with van der Waals surface area (Å²) in [5, 5.41) is 2.83. The Hall–Kier alpha value is -3.47. The Kier molecular flexibility index (Phi) is 12.2. The lowest BCUT2D eigenvalue weighted by Crippen LogP contribution is -2.66. The number of ether oxygens (including phenoxy) is 3. The normalized spacial score (nSPS) is 22.8. The number of carbonyl (C=O) groups is 2. The molecule has 11 nitrogen and oxygen atoms in total. The summed E-state index contributed by atoms with van der Waals surface area (Å²) in [5.74, 6) is -0.478. The second kappa shape index (κ2) is 16.0. The van der Waals surface area contributed by atoms with Crippen LogP contribution in [0.5, 0.6) is 5.88 Å². The number of hydrogen-bond acceptors (Lipinski definition) is 10. The maximum atomic E-state index is 13.8. The number of anilines is 1. The van der Waals surface area contributed by atoms with Crippen LogP contribution in [0.25, 0.3) is 0 Å². The molecule has 0 spiro atoms. The van der Waals surface area contributed by atoms with Gasteiger partial charge in [-0.3, -0.25) is 4.79 Å². The molecular weight excluding hydrogens is 683 g/mol. The molecule has 2 aromatic carbocycles. The van der Waals surface area contributed by atoms with Crippen LogP contribution >= 0.6 is 0 Å². The molecule has 1 amide bonds. The average Bonchev–Trinajstić information content (AvgIpc) is 3.39. The molecule has 2 saturated heterocycles. The van der Waals surface area contributed by atoms with Crippen molar-refractivity contribution in [3.05, 3.63) is 83.2 Å². The van der Waals surface area contributed by atoms with Crippen LogP contribution < -0.4 is 10.1 Å². The van der Waals surface area contributed by atoms with Gasteiger partial charge in [0.2, 0.25) is 11.8 Å². The van der Waals surface area contributed by atoms with Crippen LogP contribution in [0.2, 0.25) is 22.2 Å². The number of nitrogens with one attached hydrogen (secondary N) is 1. The van der Waals surface area contributed by atoms with E-state index >= 15 is 0 Å². The molecule has 276 valence electrons. The van der Waals surface area contributed by atoms with Crippen molar-refractivity contribution in [2.75, 3.05) is 11.9 Å². The third-order valence-electron chi connectivity index (χ3n) is 9.73. The fourth-order valence-corrected chi connectivity index (χ4v) is 18.3. The van der Waals surface area contributed by atoms with E-state index in [0.717, 1.165) is 5.56 Å². The molecule has 4 atom stereocenters. The lowest BCUT2D eigenvalue weighted by molar-refractivity contribution is -0.114. The molecule has 3 heterocycles. The summed E-state index contributed by atoms with van der Waals surface area (Å²) in [5.41, 5.74) is 2.46. The number of aryl methyl sites for hydroxylation is 1. The van der Waals surface area contributed by atoms with Crippen molar-refractivity contribution in [1.82, 2.24) is 9.97 Å². The highest BCUT2D eigenvalue weighted by atomic mass is 28.5. The molecular formula is C38H53N3O8Si2. The highest BCUT2D eigenvalue weighted by molar-refractivity contribution is 6.84. The number of carbonyl (C=O) groups excluding carboxylic acids is 2. The topological polar surface area (TPSA) is 127 Å². The third-order valence-corrected chi connectivity index (χ3v) is 20.0. The number of aromatic nitrogens is 2. The van der Waals surface area contributed by atoms with Gasteiger partial charge in [0.05, 0.1) is 17.9 Å². The summed E-state index contributed by atoms with van der Waals surface area (Å²) in [7, 11) is -6.02. The monoisotopic (exact) mass is 735 g/mol. The van der Waals surface area contributed by atoms with E-state index in [1.165, 1.54) is 6.92 Å². The van der Waals surface area contributed by atoms with Crippen LogP contribution in [0.3, 0.4) is 0 Å². The largest absolute Gasteiger partial charge is 0.471 e. The zero-order valence-corrected chi connectivity index (χ0v) is 33.5. The second-order valence-corrected chi connectivity index (χ2v) is 23.5. The third kappa shape index (κ3) is 8.13. The summed E-state index contributed by atoms with van der Waals surface area (Å²) in [6.07, 6.45) is -3.34. The van der Waals surface area contributed by atoms with E-state index in [-0.39, 0.29) is 53.0 Å². The minimum atomic E-state index is -3.13. The van der Waals surface area contributed by atoms with Crippen LogP contribution in [-0.4, -0.2) is 63.9 Å². The first-order chi connectivity index (χ1) is 24.2. The number of fused-ring (bicyclic) bond motifs is 1. The Morgan fingerprint density at radius 1 is 0.863 bits per heavy atom. The van der Waals surface area contributed by atoms with E-state index in [4.69, 9.17) is 37.1 Å². The smallest absolute Gasteiger partial charge is 0.338 e. The number of rotatable bonds is 11. The van der Waals surface area contributed by atoms with Crippen molar-refractivity contribution in [1.29, 1.82) is 0 Å². The zero-order chi connectivity index (χ0) is 37.1. The number of amides is 1. The first-order valence-electron chi connectivity index (χ1n) is 17.9. The van der Waals surface area contributed by atoms with E-state index in [1.54, 1.807) is 31.2 Å². The van der Waals surface area contributed by atoms with Crippen LogP contribution in [0.1, 0.15) is 95.7 Å². The standard InChI is InChI=1S/C38H53N3O8Si2/c1-23(2)50(24(3)4)45-22-31-33(48-51(49-50,25(5)6)26(7)8)35(47-38(43)30-19-15-12-16-20-30)34(46-31)32-36(40-28(10)42)41-37(27(9)39-32)44-21-29-17-13-11-14-18-29/h11-20,23-26,31,33-35H,21-22H2,1-10H3,(H,40,41,42)/t31-,33-,34+,35-/m1/s1. The minimum absolute atomic E-state index is 0.0340. The van der Waals surface area contributed by atoms with Gasteiger partial charge in [0.15, 0.2) is 11.9 Å². The lowest BCUT2D eigenvalue weighted by atomic mass is 10.0. The van der Waals surface area contributed by atoms with Crippen molar-refractivity contribution < 1.29 is 36.8 Å². The molecule has 51 heavy (non-hydrogen) atoms. The van der Waals surface area contributed by atoms with Crippen LogP contribution in [-0.2, 0) is 33.8 Å². The maximum Gasteiger partial charge on any atom is 0.338 e. The fraction of sp³-hybridized carbons (Fsp3) is 0.526. The quantitative estimate of drug-likeness (QED) is 0.153. The van der Waals surface area contributed by atoms with Gasteiger partial charge < -0.3 is 32.5 Å². The van der Waals surface area contributed by atoms with E-state index < -0.39 is 47.5 Å². The first kappa shape index (κ1) is 38.8. The molecule has 0 unspecified atom stereocenters. The maximum absolute atomic E-state index is 13.8. The van der Waals surface area contributed by atoms with Gasteiger partial charge in [-0.1, -0.05) is 104 Å². The van der Waals surface area contributed by atoms with E-state index in [0.29, 0.717) is 17.0 Å². The summed E-state index contributed by atoms with van der Waals surface area (Å²) in [6.45, 7) is 20.8. The summed E-state index contributed by atoms with van der Waals surface area (Å²) in [4.78, 5) is 36.1. The molecule has 0 saturated carbocycles. The van der Waals surface area contributed by atoms with Crippen LogP contribution in [0.4, 0.5) is 5.82 Å². The molecule has 2 fully saturated rings. The Labute approximate surface area is 304 Å². The van der Waals surface area contributed by atoms with Gasteiger partial charge in [-0.25, -0.2) is 9.78 Å². The average molecular weight is 736 g/mol. The summed E-state index contributed by atoms with van der Waals surface area (Å²) in [6, 6.07) is 18.5.